The van der Waals surface area contributed by atoms with Crippen molar-refractivity contribution in [2.75, 3.05) is 6.61 Å². The molecule has 1 unspecified atom stereocenters. The molecule has 1 saturated carbocycles. The fourth-order valence-corrected chi connectivity index (χ4v) is 3.80. The smallest absolute Gasteiger partial charge is 0.416 e. The Kier molecular flexibility index (Phi) is 9.94. The third-order valence-electron chi connectivity index (χ3n) is 5.94. The van der Waals surface area contributed by atoms with Gasteiger partial charge in [0.25, 0.3) is 0 Å². The van der Waals surface area contributed by atoms with E-state index in [4.69, 9.17) is 9.84 Å². The maximum absolute atomic E-state index is 12.9. The van der Waals surface area contributed by atoms with Gasteiger partial charge in [0, 0.05) is 18.8 Å². The first-order valence-electron chi connectivity index (χ1n) is 11.1. The van der Waals surface area contributed by atoms with E-state index in [1.807, 2.05) is 0 Å². The number of allylic oxidation sites excluding steroid dienone is 1. The molecule has 0 aliphatic heterocycles. The van der Waals surface area contributed by atoms with E-state index in [0.717, 1.165) is 12.1 Å². The number of halogens is 3. The Balaban J connectivity index is 2.05. The van der Waals surface area contributed by atoms with Crippen molar-refractivity contribution in [1.82, 2.24) is 0 Å². The zero-order valence-corrected chi connectivity index (χ0v) is 18.9. The van der Waals surface area contributed by atoms with Crippen LogP contribution < -0.4 is 4.74 Å². The first-order valence-corrected chi connectivity index (χ1v) is 11.1. The first-order chi connectivity index (χ1) is 15.9. The number of aliphatic hydroxyl groups is 3. The van der Waals surface area contributed by atoms with Crippen LogP contribution in [0.2, 0.25) is 0 Å². The Morgan fingerprint density at radius 3 is 2.62 bits per heavy atom. The van der Waals surface area contributed by atoms with Crippen LogP contribution in [0.4, 0.5) is 13.2 Å². The standard InChI is InChI=1S/C25H31F3O6/c1-2-24(33,16-34-18-9-7-8-17(14-18)25(26,27)28)13-12-20-19(21(29)15-22(20)30)10-5-3-4-6-11-23(31)32/h4-5,7-9,12-14,19-22,29-30,33H,2,6,10-11,15-16H2,1H3,(H,31,32)/t3?,19-,20-,21+,22-,24?/m1/s1. The van der Waals surface area contributed by atoms with E-state index in [9.17, 15) is 33.3 Å². The van der Waals surface area contributed by atoms with Crippen LogP contribution in [0.25, 0.3) is 0 Å². The number of aliphatic carboxylic acids is 1. The summed E-state index contributed by atoms with van der Waals surface area (Å²) >= 11 is 0. The van der Waals surface area contributed by atoms with Crippen molar-refractivity contribution in [1.29, 1.82) is 0 Å². The van der Waals surface area contributed by atoms with Crippen LogP contribution in [0.5, 0.6) is 5.75 Å². The van der Waals surface area contributed by atoms with Crippen molar-refractivity contribution < 1.29 is 43.1 Å². The Morgan fingerprint density at radius 1 is 1.24 bits per heavy atom. The molecular formula is C25H31F3O6. The normalized spacial score (nSPS) is 24.4. The average Bonchev–Trinajstić information content (AvgIpc) is 3.04. The van der Waals surface area contributed by atoms with Crippen molar-refractivity contribution in [3.63, 3.8) is 0 Å². The van der Waals surface area contributed by atoms with Crippen molar-refractivity contribution >= 4 is 5.97 Å². The molecule has 0 heterocycles. The van der Waals surface area contributed by atoms with Crippen LogP contribution in [-0.4, -0.2) is 50.8 Å². The van der Waals surface area contributed by atoms with Gasteiger partial charge in [0.15, 0.2) is 0 Å². The van der Waals surface area contributed by atoms with Crippen LogP contribution in [-0.2, 0) is 11.0 Å². The predicted octanol–water partition coefficient (Wildman–Crippen LogP) is 4.11. The van der Waals surface area contributed by atoms with Gasteiger partial charge in [-0.2, -0.15) is 13.2 Å². The minimum atomic E-state index is -4.51. The summed E-state index contributed by atoms with van der Waals surface area (Å²) in [6, 6.07) is 4.40. The number of hydrogen-bond donors (Lipinski definition) is 4. The van der Waals surface area contributed by atoms with Crippen molar-refractivity contribution in [2.24, 2.45) is 11.8 Å². The van der Waals surface area contributed by atoms with E-state index in [0.29, 0.717) is 12.8 Å². The van der Waals surface area contributed by atoms with Gasteiger partial charge in [-0.25, -0.2) is 0 Å². The fraction of sp³-hybridized carbons (Fsp3) is 0.520. The summed E-state index contributed by atoms with van der Waals surface area (Å²) in [4.78, 5) is 10.5. The second kappa shape index (κ2) is 12.2. The van der Waals surface area contributed by atoms with Gasteiger partial charge in [-0.05, 0) is 55.5 Å². The van der Waals surface area contributed by atoms with Crippen LogP contribution in [0.15, 0.2) is 54.3 Å². The van der Waals surface area contributed by atoms with Gasteiger partial charge in [-0.15, -0.1) is 5.73 Å². The summed E-state index contributed by atoms with van der Waals surface area (Å²) in [5.74, 6) is -1.72. The van der Waals surface area contributed by atoms with E-state index >= 15 is 0 Å². The highest BCUT2D eigenvalue weighted by Gasteiger charge is 2.40. The molecule has 0 bridgehead atoms. The highest BCUT2D eigenvalue weighted by Crippen LogP contribution is 2.37. The molecule has 0 amide bonds. The number of carboxylic acids is 1. The molecule has 1 fully saturated rings. The number of hydrogen-bond acceptors (Lipinski definition) is 5. The number of alkyl halides is 3. The lowest BCUT2D eigenvalue weighted by Gasteiger charge is -2.25. The molecule has 9 heteroatoms. The summed E-state index contributed by atoms with van der Waals surface area (Å²) in [5, 5.41) is 40.2. The minimum Gasteiger partial charge on any atom is -0.490 e. The van der Waals surface area contributed by atoms with Gasteiger partial charge in [0.2, 0.25) is 0 Å². The zero-order valence-electron chi connectivity index (χ0n) is 18.9. The predicted molar refractivity (Wildman–Crippen MR) is 119 cm³/mol. The Hall–Kier alpha value is -2.58. The van der Waals surface area contributed by atoms with Crippen molar-refractivity contribution in [2.45, 2.75) is 63.0 Å². The topological polar surface area (TPSA) is 107 Å². The molecule has 0 saturated heterocycles. The zero-order chi connectivity index (χ0) is 25.4. The fourth-order valence-electron chi connectivity index (χ4n) is 3.80. The monoisotopic (exact) mass is 484 g/mol. The van der Waals surface area contributed by atoms with Gasteiger partial charge >= 0.3 is 12.1 Å². The van der Waals surface area contributed by atoms with E-state index in [-0.39, 0.29) is 37.5 Å². The molecule has 1 aliphatic rings. The van der Waals surface area contributed by atoms with Gasteiger partial charge in [0.1, 0.15) is 18.0 Å². The van der Waals surface area contributed by atoms with Gasteiger partial charge in [-0.3, -0.25) is 4.79 Å². The lowest BCUT2D eigenvalue weighted by molar-refractivity contribution is -0.138. The quantitative estimate of drug-likeness (QED) is 0.278. The molecule has 1 aromatic carbocycles. The number of rotatable bonds is 11. The molecule has 0 radical (unpaired) electrons. The Labute approximate surface area is 196 Å². The molecular weight excluding hydrogens is 453 g/mol. The molecule has 2 rings (SSSR count). The number of carboxylic acid groups (broad SMARTS) is 1. The molecule has 0 spiro atoms. The highest BCUT2D eigenvalue weighted by atomic mass is 19.4. The Morgan fingerprint density at radius 2 is 1.97 bits per heavy atom. The Bertz CT molecular complexity index is 906. The summed E-state index contributed by atoms with van der Waals surface area (Å²) in [6.45, 7) is 1.41. The highest BCUT2D eigenvalue weighted by molar-refractivity contribution is 5.66. The summed E-state index contributed by atoms with van der Waals surface area (Å²) in [6.07, 6.45) is 1.36. The third-order valence-corrected chi connectivity index (χ3v) is 5.94. The van der Waals surface area contributed by atoms with Crippen LogP contribution >= 0.6 is 0 Å². The lowest BCUT2D eigenvalue weighted by Crippen LogP contribution is -2.33. The van der Waals surface area contributed by atoms with E-state index < -0.39 is 41.4 Å². The van der Waals surface area contributed by atoms with Crippen molar-refractivity contribution in [3.05, 3.63) is 59.9 Å². The minimum absolute atomic E-state index is 0.00482. The summed E-state index contributed by atoms with van der Waals surface area (Å²) in [7, 11) is 0. The SMILES string of the molecule is CCC(O)(C=C[C@@H]1[C@@H](CC=C=CCCC(=O)O)[C@@H](O)C[C@H]1O)COc1cccc(C(F)(F)F)c1. The van der Waals surface area contributed by atoms with Gasteiger partial charge in [-0.1, -0.05) is 25.1 Å². The van der Waals surface area contributed by atoms with E-state index in [1.54, 1.807) is 25.2 Å². The average molecular weight is 485 g/mol. The number of carbonyl (C=O) groups is 1. The van der Waals surface area contributed by atoms with Crippen LogP contribution in [0.1, 0.15) is 44.6 Å². The number of aliphatic hydroxyl groups excluding tert-OH is 2. The summed E-state index contributed by atoms with van der Waals surface area (Å²) in [5.41, 5.74) is 0.543. The van der Waals surface area contributed by atoms with Gasteiger partial charge < -0.3 is 25.2 Å². The lowest BCUT2D eigenvalue weighted by atomic mass is 9.88. The maximum Gasteiger partial charge on any atom is 0.416 e. The van der Waals surface area contributed by atoms with Crippen LogP contribution in [0.3, 0.4) is 0 Å². The molecule has 1 aliphatic carbocycles. The molecule has 1 aromatic rings. The first kappa shape index (κ1) is 27.7. The van der Waals surface area contributed by atoms with Crippen molar-refractivity contribution in [3.8, 4) is 5.75 Å². The second-order valence-electron chi connectivity index (χ2n) is 8.49. The molecule has 4 N–H and O–H groups in total. The van der Waals surface area contributed by atoms with E-state index in [1.165, 1.54) is 18.2 Å². The molecule has 5 atom stereocenters. The third kappa shape index (κ3) is 8.33. The summed E-state index contributed by atoms with van der Waals surface area (Å²) < 4.78 is 44.1. The van der Waals surface area contributed by atoms with Crippen LogP contribution in [0, 0.1) is 11.8 Å². The number of benzene rings is 1. The molecule has 6 nitrogen and oxygen atoms in total. The number of ether oxygens (including phenoxy) is 1. The van der Waals surface area contributed by atoms with Gasteiger partial charge in [0.05, 0.1) is 17.8 Å². The van der Waals surface area contributed by atoms with E-state index in [2.05, 4.69) is 5.73 Å². The molecule has 0 aromatic heterocycles. The molecule has 188 valence electrons. The molecule has 34 heavy (non-hydrogen) atoms. The largest absolute Gasteiger partial charge is 0.490 e. The maximum atomic E-state index is 12.9. The second-order valence-corrected chi connectivity index (χ2v) is 8.49.